The van der Waals surface area contributed by atoms with Crippen LogP contribution in [-0.4, -0.2) is 43.9 Å². The van der Waals surface area contributed by atoms with E-state index in [1.165, 1.54) is 6.07 Å². The lowest BCUT2D eigenvalue weighted by molar-refractivity contribution is -0.137. The minimum atomic E-state index is -4.52. The maximum Gasteiger partial charge on any atom is 0.416 e. The Hall–Kier alpha value is -4.05. The highest BCUT2D eigenvalue weighted by molar-refractivity contribution is 5.95. The summed E-state index contributed by atoms with van der Waals surface area (Å²) < 4.78 is 51.3. The molecule has 1 aliphatic heterocycles. The fourth-order valence-corrected chi connectivity index (χ4v) is 4.64. The van der Waals surface area contributed by atoms with Gasteiger partial charge in [0.15, 0.2) is 0 Å². The van der Waals surface area contributed by atoms with Gasteiger partial charge in [-0.1, -0.05) is 36.4 Å². The summed E-state index contributed by atoms with van der Waals surface area (Å²) >= 11 is 0. The highest BCUT2D eigenvalue weighted by atomic mass is 19.4. The minimum Gasteiger partial charge on any atom is -0.444 e. The van der Waals surface area contributed by atoms with Gasteiger partial charge >= 0.3 is 12.3 Å². The normalized spacial score (nSPS) is 14.7. The summed E-state index contributed by atoms with van der Waals surface area (Å²) in [4.78, 5) is 27.4. The second kappa shape index (κ2) is 12.9. The summed E-state index contributed by atoms with van der Waals surface area (Å²) in [6, 6.07) is 17.5. The van der Waals surface area contributed by atoms with Gasteiger partial charge in [-0.3, -0.25) is 4.79 Å². The number of morpholine rings is 1. The number of carbonyl (C=O) groups excluding carboxylic acids is 2. The molecule has 0 aliphatic carbocycles. The fraction of sp³-hybridized carbons (Fsp3) is 0.375. The van der Waals surface area contributed by atoms with Crippen molar-refractivity contribution >= 4 is 17.7 Å². The van der Waals surface area contributed by atoms with Crippen molar-refractivity contribution in [2.45, 2.75) is 52.1 Å². The van der Waals surface area contributed by atoms with Crippen LogP contribution in [0.3, 0.4) is 0 Å². The van der Waals surface area contributed by atoms with Crippen LogP contribution in [0.2, 0.25) is 0 Å². The first kappa shape index (κ1) is 30.9. The number of alkyl halides is 3. The molecule has 3 aromatic carbocycles. The monoisotopic (exact) mass is 583 g/mol. The van der Waals surface area contributed by atoms with Crippen LogP contribution in [-0.2, 0) is 22.2 Å². The third kappa shape index (κ3) is 8.25. The van der Waals surface area contributed by atoms with Gasteiger partial charge in [0.25, 0.3) is 5.91 Å². The van der Waals surface area contributed by atoms with Gasteiger partial charge in [0.2, 0.25) is 0 Å². The Kier molecular flexibility index (Phi) is 9.46. The molecule has 1 atom stereocenters. The fourth-order valence-electron chi connectivity index (χ4n) is 4.64. The highest BCUT2D eigenvalue weighted by Crippen LogP contribution is 2.34. The number of hydrogen-bond donors (Lipinski definition) is 2. The molecule has 0 spiro atoms. The lowest BCUT2D eigenvalue weighted by atomic mass is 9.95. The quantitative estimate of drug-likeness (QED) is 0.323. The van der Waals surface area contributed by atoms with E-state index in [1.54, 1.807) is 51.1 Å². The molecular weight excluding hydrogens is 547 g/mol. The largest absolute Gasteiger partial charge is 0.444 e. The Labute approximate surface area is 244 Å². The SMILES string of the molecule is C[C@@H](NC(=O)c1cccc(N2CCOCC2)c1)c1ccc(-c2cc(C(F)(F)F)ccc2CNC(=O)OC(C)(C)C)cc1. The molecule has 7 nitrogen and oxygen atoms in total. The highest BCUT2D eigenvalue weighted by Gasteiger charge is 2.31. The third-order valence-electron chi connectivity index (χ3n) is 6.81. The number of alkyl carbamates (subject to hydrolysis) is 1. The lowest BCUT2D eigenvalue weighted by Crippen LogP contribution is -2.36. The van der Waals surface area contributed by atoms with E-state index in [2.05, 4.69) is 15.5 Å². The van der Waals surface area contributed by atoms with Crippen molar-refractivity contribution in [3.05, 3.63) is 89.0 Å². The minimum absolute atomic E-state index is 0.0138. The van der Waals surface area contributed by atoms with Gasteiger partial charge < -0.3 is 25.0 Å². The zero-order valence-electron chi connectivity index (χ0n) is 24.2. The molecule has 0 unspecified atom stereocenters. The Bertz CT molecular complexity index is 1400. The number of nitrogens with zero attached hydrogens (tertiary/aromatic N) is 1. The van der Waals surface area contributed by atoms with E-state index in [1.807, 2.05) is 25.1 Å². The van der Waals surface area contributed by atoms with E-state index in [-0.39, 0.29) is 18.5 Å². The number of anilines is 1. The average Bonchev–Trinajstić information content (AvgIpc) is 2.95. The molecule has 4 rings (SSSR count). The lowest BCUT2D eigenvalue weighted by Gasteiger charge is -2.29. The second-order valence-electron chi connectivity index (χ2n) is 11.2. The summed E-state index contributed by atoms with van der Waals surface area (Å²) in [5.74, 6) is -0.227. The van der Waals surface area contributed by atoms with Crippen molar-refractivity contribution in [3.8, 4) is 11.1 Å². The van der Waals surface area contributed by atoms with Crippen molar-refractivity contribution in [1.82, 2.24) is 10.6 Å². The smallest absolute Gasteiger partial charge is 0.416 e. The predicted octanol–water partition coefficient (Wildman–Crippen LogP) is 6.72. The molecule has 3 aromatic rings. The molecule has 42 heavy (non-hydrogen) atoms. The van der Waals surface area contributed by atoms with Gasteiger partial charge in [-0.05, 0) is 80.3 Å². The Morgan fingerprint density at radius 1 is 0.976 bits per heavy atom. The van der Waals surface area contributed by atoms with E-state index in [0.29, 0.717) is 35.5 Å². The first-order valence-corrected chi connectivity index (χ1v) is 13.8. The molecule has 0 saturated carbocycles. The van der Waals surface area contributed by atoms with Crippen LogP contribution < -0.4 is 15.5 Å². The molecule has 224 valence electrons. The predicted molar refractivity (Wildman–Crippen MR) is 155 cm³/mol. The second-order valence-corrected chi connectivity index (χ2v) is 11.2. The number of amides is 2. The standard InChI is InChI=1S/C32H36F3N3O4/c1-21(37-29(39)24-6-5-7-27(18-24)38-14-16-41-17-15-38)22-8-10-23(11-9-22)28-19-26(32(33,34)35)13-12-25(28)20-36-30(40)42-31(2,3)4/h5-13,18-19,21H,14-17,20H2,1-4H3,(H,36,40)(H,37,39)/t21-/m1/s1. The first-order chi connectivity index (χ1) is 19.8. The van der Waals surface area contributed by atoms with E-state index < -0.39 is 23.4 Å². The number of halogens is 3. The molecule has 0 aromatic heterocycles. The summed E-state index contributed by atoms with van der Waals surface area (Å²) in [6.45, 7) is 9.82. The molecule has 10 heteroatoms. The van der Waals surface area contributed by atoms with Crippen LogP contribution in [0, 0.1) is 0 Å². The number of carbonyl (C=O) groups is 2. The van der Waals surface area contributed by atoms with E-state index >= 15 is 0 Å². The zero-order chi connectivity index (χ0) is 30.5. The molecule has 2 N–H and O–H groups in total. The maximum atomic E-state index is 13.5. The van der Waals surface area contributed by atoms with Gasteiger partial charge in [0, 0.05) is 30.9 Å². The van der Waals surface area contributed by atoms with Crippen LogP contribution in [0.25, 0.3) is 11.1 Å². The van der Waals surface area contributed by atoms with Crippen LogP contribution in [0.15, 0.2) is 66.7 Å². The van der Waals surface area contributed by atoms with Gasteiger partial charge in [-0.2, -0.15) is 13.2 Å². The van der Waals surface area contributed by atoms with Gasteiger partial charge in [0.05, 0.1) is 24.8 Å². The van der Waals surface area contributed by atoms with Crippen molar-refractivity contribution < 1.29 is 32.2 Å². The summed E-state index contributed by atoms with van der Waals surface area (Å²) in [6.07, 6.45) is -5.19. The molecule has 1 fully saturated rings. The summed E-state index contributed by atoms with van der Waals surface area (Å²) in [5, 5.41) is 5.62. The molecule has 0 bridgehead atoms. The molecule has 1 saturated heterocycles. The molecule has 1 aliphatic rings. The van der Waals surface area contributed by atoms with Crippen LogP contribution >= 0.6 is 0 Å². The van der Waals surface area contributed by atoms with E-state index in [9.17, 15) is 22.8 Å². The third-order valence-corrected chi connectivity index (χ3v) is 6.81. The topological polar surface area (TPSA) is 79.9 Å². The van der Waals surface area contributed by atoms with Gasteiger partial charge in [-0.15, -0.1) is 0 Å². The van der Waals surface area contributed by atoms with Gasteiger partial charge in [0.1, 0.15) is 5.60 Å². The Balaban J connectivity index is 1.49. The summed E-state index contributed by atoms with van der Waals surface area (Å²) in [7, 11) is 0. The van der Waals surface area contributed by atoms with Gasteiger partial charge in [-0.25, -0.2) is 4.79 Å². The molecule has 0 radical (unpaired) electrons. The van der Waals surface area contributed by atoms with Crippen LogP contribution in [0.4, 0.5) is 23.7 Å². The number of nitrogens with one attached hydrogen (secondary N) is 2. The zero-order valence-corrected chi connectivity index (χ0v) is 24.2. The van der Waals surface area contributed by atoms with Crippen molar-refractivity contribution in [3.63, 3.8) is 0 Å². The van der Waals surface area contributed by atoms with Crippen LogP contribution in [0.1, 0.15) is 60.8 Å². The number of benzene rings is 3. The molecule has 1 heterocycles. The molecule has 2 amide bonds. The first-order valence-electron chi connectivity index (χ1n) is 13.8. The Morgan fingerprint density at radius 2 is 1.67 bits per heavy atom. The van der Waals surface area contributed by atoms with E-state index in [4.69, 9.17) is 9.47 Å². The average molecular weight is 584 g/mol. The molecular formula is C32H36F3N3O4. The Morgan fingerprint density at radius 3 is 2.31 bits per heavy atom. The number of rotatable bonds is 7. The van der Waals surface area contributed by atoms with Crippen LogP contribution in [0.5, 0.6) is 0 Å². The number of hydrogen-bond acceptors (Lipinski definition) is 5. The maximum absolute atomic E-state index is 13.5. The van der Waals surface area contributed by atoms with Crippen molar-refractivity contribution in [2.75, 3.05) is 31.2 Å². The van der Waals surface area contributed by atoms with E-state index in [0.717, 1.165) is 36.5 Å². The van der Waals surface area contributed by atoms with Crippen molar-refractivity contribution in [1.29, 1.82) is 0 Å². The van der Waals surface area contributed by atoms with Crippen molar-refractivity contribution in [2.24, 2.45) is 0 Å². The summed E-state index contributed by atoms with van der Waals surface area (Å²) in [5.41, 5.74) is 2.17. The number of ether oxygens (including phenoxy) is 2.